The Bertz CT molecular complexity index is 1090. The minimum atomic E-state index is -1.13. The van der Waals surface area contributed by atoms with E-state index in [-0.39, 0.29) is 30.6 Å². The average Bonchev–Trinajstić information content (AvgIpc) is 3.45. The summed E-state index contributed by atoms with van der Waals surface area (Å²) in [5.74, 6) is -2.97. The molecule has 1 aliphatic rings. The van der Waals surface area contributed by atoms with Gasteiger partial charge in [-0.05, 0) is 49.0 Å². The lowest BCUT2D eigenvalue weighted by Gasteiger charge is -2.31. The maximum Gasteiger partial charge on any atom is 0.326 e. The van der Waals surface area contributed by atoms with E-state index in [0.29, 0.717) is 32.2 Å². The Hall–Kier alpha value is -3.47. The Morgan fingerprint density at radius 3 is 2.02 bits per heavy atom. The minimum Gasteiger partial charge on any atom is -0.480 e. The van der Waals surface area contributed by atoms with Gasteiger partial charge in [-0.2, -0.15) is 0 Å². The Kier molecular flexibility index (Phi) is 14.1. The highest BCUT2D eigenvalue weighted by Gasteiger charge is 2.39. The fourth-order valence-corrected chi connectivity index (χ4v) is 5.27. The third kappa shape index (κ3) is 10.9. The number of nitrogens with two attached hydrogens (primary N) is 1. The summed E-state index contributed by atoms with van der Waals surface area (Å²) in [6, 6.07) is 4.62. The van der Waals surface area contributed by atoms with E-state index in [1.165, 1.54) is 4.90 Å². The van der Waals surface area contributed by atoms with Gasteiger partial charge in [-0.15, -0.1) is 0 Å². The topological polar surface area (TPSA) is 171 Å². The molecular formula is C32H51N5O6. The molecule has 1 saturated heterocycles. The Balaban J connectivity index is 2.30. The van der Waals surface area contributed by atoms with Crippen molar-refractivity contribution in [2.45, 2.75) is 110 Å². The lowest BCUT2D eigenvalue weighted by molar-refractivity contribution is -0.145. The van der Waals surface area contributed by atoms with E-state index in [0.717, 1.165) is 5.56 Å². The number of carbonyl (C=O) groups is 5. The number of likely N-dealkylation sites (tertiary alicyclic amines) is 1. The van der Waals surface area contributed by atoms with Crippen molar-refractivity contribution in [3.8, 4) is 0 Å². The molecule has 1 fully saturated rings. The van der Waals surface area contributed by atoms with Crippen molar-refractivity contribution < 1.29 is 29.1 Å². The smallest absolute Gasteiger partial charge is 0.326 e. The molecule has 240 valence electrons. The van der Waals surface area contributed by atoms with E-state index in [1.54, 1.807) is 0 Å². The van der Waals surface area contributed by atoms with Crippen LogP contribution in [0.5, 0.6) is 0 Å². The van der Waals surface area contributed by atoms with E-state index >= 15 is 0 Å². The molecule has 0 bridgehead atoms. The highest BCUT2D eigenvalue weighted by molar-refractivity contribution is 5.96. The number of nitrogens with zero attached hydrogens (tertiary/aromatic N) is 1. The van der Waals surface area contributed by atoms with Gasteiger partial charge in [0.15, 0.2) is 0 Å². The van der Waals surface area contributed by atoms with E-state index < -0.39 is 59.8 Å². The SMILES string of the molecule is CC[C@H](C)[C@H](N)C(=O)N[C@@H](CC(C)C)C(=O)N[C@@H](Cc1ccccc1)C(=O)N1CCC[C@H]1C(=O)N[C@@H](CC(C)C)C(=O)O. The molecule has 11 heteroatoms. The van der Waals surface area contributed by atoms with Crippen LogP contribution in [0.4, 0.5) is 0 Å². The first kappa shape index (κ1) is 35.7. The van der Waals surface area contributed by atoms with Crippen molar-refractivity contribution in [1.82, 2.24) is 20.9 Å². The van der Waals surface area contributed by atoms with Gasteiger partial charge in [0.1, 0.15) is 24.2 Å². The van der Waals surface area contributed by atoms with E-state index in [4.69, 9.17) is 5.73 Å². The van der Waals surface area contributed by atoms with Crippen molar-refractivity contribution in [2.75, 3.05) is 6.54 Å². The van der Waals surface area contributed by atoms with Crippen LogP contribution in [0.1, 0.15) is 79.2 Å². The standard InChI is InChI=1S/C32H51N5O6/c1-7-21(6)27(33)30(40)34-23(16-19(2)3)28(38)35-24(18-22-12-9-8-10-13-22)31(41)37-15-11-14-26(37)29(39)36-25(32(42)43)17-20(4)5/h8-10,12-13,19-21,23-27H,7,11,14-18,33H2,1-6H3,(H,34,40)(H,35,38)(H,36,39)(H,42,43)/t21-,23-,24-,25-,26-,27-/m0/s1. The number of rotatable bonds is 16. The maximum atomic E-state index is 14.0. The molecule has 1 aromatic rings. The monoisotopic (exact) mass is 601 g/mol. The molecule has 0 unspecified atom stereocenters. The van der Waals surface area contributed by atoms with E-state index in [1.807, 2.05) is 71.9 Å². The number of carboxylic acid groups (broad SMARTS) is 1. The first-order valence-corrected chi connectivity index (χ1v) is 15.5. The summed E-state index contributed by atoms with van der Waals surface area (Å²) in [5, 5.41) is 17.9. The number of carboxylic acids is 1. The van der Waals surface area contributed by atoms with Crippen LogP contribution in [0.2, 0.25) is 0 Å². The molecule has 6 atom stereocenters. The van der Waals surface area contributed by atoms with Crippen LogP contribution < -0.4 is 21.7 Å². The number of benzene rings is 1. The van der Waals surface area contributed by atoms with Gasteiger partial charge in [-0.1, -0.05) is 78.3 Å². The summed E-state index contributed by atoms with van der Waals surface area (Å²) in [6.07, 6.45) is 2.44. The zero-order chi connectivity index (χ0) is 32.3. The molecule has 2 rings (SSSR count). The van der Waals surface area contributed by atoms with Crippen molar-refractivity contribution in [3.63, 3.8) is 0 Å². The molecule has 0 saturated carbocycles. The van der Waals surface area contributed by atoms with Gasteiger partial charge >= 0.3 is 5.97 Å². The van der Waals surface area contributed by atoms with Gasteiger partial charge in [-0.3, -0.25) is 19.2 Å². The molecule has 11 nitrogen and oxygen atoms in total. The molecular weight excluding hydrogens is 550 g/mol. The normalized spacial score (nSPS) is 18.4. The summed E-state index contributed by atoms with van der Waals surface area (Å²) < 4.78 is 0. The van der Waals surface area contributed by atoms with Crippen LogP contribution in [0, 0.1) is 17.8 Å². The van der Waals surface area contributed by atoms with Gasteiger partial charge < -0.3 is 31.7 Å². The molecule has 1 aliphatic heterocycles. The first-order valence-electron chi connectivity index (χ1n) is 15.5. The third-order valence-corrected chi connectivity index (χ3v) is 7.96. The number of carbonyl (C=O) groups excluding carboxylic acids is 4. The van der Waals surface area contributed by atoms with Crippen molar-refractivity contribution >= 4 is 29.6 Å². The number of nitrogens with one attached hydrogen (secondary N) is 3. The van der Waals surface area contributed by atoms with Crippen molar-refractivity contribution in [2.24, 2.45) is 23.5 Å². The van der Waals surface area contributed by atoms with E-state index in [2.05, 4.69) is 16.0 Å². The summed E-state index contributed by atoms with van der Waals surface area (Å²) in [4.78, 5) is 67.0. The Morgan fingerprint density at radius 1 is 0.884 bits per heavy atom. The van der Waals surface area contributed by atoms with Crippen LogP contribution in [-0.2, 0) is 30.4 Å². The molecule has 4 amide bonds. The van der Waals surface area contributed by atoms with Gasteiger partial charge in [-0.25, -0.2) is 4.79 Å². The number of amides is 4. The second kappa shape index (κ2) is 17.0. The van der Waals surface area contributed by atoms with Crippen LogP contribution in [0.15, 0.2) is 30.3 Å². The second-order valence-electron chi connectivity index (χ2n) is 12.6. The second-order valence-corrected chi connectivity index (χ2v) is 12.6. The minimum absolute atomic E-state index is 0.0483. The Labute approximate surface area is 255 Å². The quantitative estimate of drug-likeness (QED) is 0.193. The molecule has 0 aromatic heterocycles. The zero-order valence-electron chi connectivity index (χ0n) is 26.5. The summed E-state index contributed by atoms with van der Waals surface area (Å²) in [6.45, 7) is 11.7. The molecule has 1 heterocycles. The van der Waals surface area contributed by atoms with Crippen molar-refractivity contribution in [1.29, 1.82) is 0 Å². The summed E-state index contributed by atoms with van der Waals surface area (Å²) in [7, 11) is 0. The third-order valence-electron chi connectivity index (χ3n) is 7.96. The molecule has 0 radical (unpaired) electrons. The lowest BCUT2D eigenvalue weighted by atomic mass is 9.97. The largest absolute Gasteiger partial charge is 0.480 e. The Morgan fingerprint density at radius 2 is 1.47 bits per heavy atom. The maximum absolute atomic E-state index is 14.0. The lowest BCUT2D eigenvalue weighted by Crippen LogP contribution is -2.59. The van der Waals surface area contributed by atoms with Crippen molar-refractivity contribution in [3.05, 3.63) is 35.9 Å². The molecule has 1 aromatic carbocycles. The number of hydrogen-bond donors (Lipinski definition) is 5. The van der Waals surface area contributed by atoms with Crippen LogP contribution in [0.25, 0.3) is 0 Å². The highest BCUT2D eigenvalue weighted by atomic mass is 16.4. The fraction of sp³-hybridized carbons (Fsp3) is 0.656. The van der Waals surface area contributed by atoms with Gasteiger partial charge in [0.05, 0.1) is 6.04 Å². The zero-order valence-corrected chi connectivity index (χ0v) is 26.5. The van der Waals surface area contributed by atoms with Gasteiger partial charge in [0.25, 0.3) is 0 Å². The fourth-order valence-electron chi connectivity index (χ4n) is 5.27. The van der Waals surface area contributed by atoms with Gasteiger partial charge in [0, 0.05) is 13.0 Å². The molecule has 43 heavy (non-hydrogen) atoms. The molecule has 6 N–H and O–H groups in total. The van der Waals surface area contributed by atoms with E-state index in [9.17, 15) is 29.1 Å². The summed E-state index contributed by atoms with van der Waals surface area (Å²) >= 11 is 0. The van der Waals surface area contributed by atoms with Crippen LogP contribution >= 0.6 is 0 Å². The predicted octanol–water partition coefficient (Wildman–Crippen LogP) is 2.22. The first-order chi connectivity index (χ1) is 20.2. The average molecular weight is 602 g/mol. The predicted molar refractivity (Wildman–Crippen MR) is 165 cm³/mol. The highest BCUT2D eigenvalue weighted by Crippen LogP contribution is 2.21. The number of aliphatic carboxylic acids is 1. The number of hydrogen-bond acceptors (Lipinski definition) is 6. The molecule has 0 spiro atoms. The molecule has 0 aliphatic carbocycles. The van der Waals surface area contributed by atoms with Crippen LogP contribution in [-0.4, -0.2) is 76.4 Å². The van der Waals surface area contributed by atoms with Gasteiger partial charge in [0.2, 0.25) is 23.6 Å². The van der Waals surface area contributed by atoms with Crippen LogP contribution in [0.3, 0.4) is 0 Å². The summed E-state index contributed by atoms with van der Waals surface area (Å²) in [5.41, 5.74) is 6.94.